The highest BCUT2D eigenvalue weighted by Gasteiger charge is 2.15. The molecule has 0 radical (unpaired) electrons. The summed E-state index contributed by atoms with van der Waals surface area (Å²) in [7, 11) is 0. The average Bonchev–Trinajstić information content (AvgIpc) is 2.42. The third-order valence-electron chi connectivity index (χ3n) is 2.82. The van der Waals surface area contributed by atoms with E-state index in [1.165, 1.54) is 0 Å². The van der Waals surface area contributed by atoms with E-state index in [1.807, 2.05) is 0 Å². The molecule has 0 atom stereocenters. The predicted octanol–water partition coefficient (Wildman–Crippen LogP) is 1.44. The van der Waals surface area contributed by atoms with Crippen LogP contribution in [0.15, 0.2) is 23.0 Å². The van der Waals surface area contributed by atoms with Crippen LogP contribution < -0.4 is 21.9 Å². The van der Waals surface area contributed by atoms with Gasteiger partial charge in [-0.05, 0) is 39.0 Å². The SMILES string of the molecule is CC(C)(C)OC(=O)NCCNc1nc2ccc(N)cc2c(=O)[nH]1. The zero-order valence-electron chi connectivity index (χ0n) is 13.4. The van der Waals surface area contributed by atoms with Gasteiger partial charge in [-0.2, -0.15) is 0 Å². The molecule has 0 unspecified atom stereocenters. The summed E-state index contributed by atoms with van der Waals surface area (Å²) in [6, 6.07) is 4.95. The number of hydrogen-bond donors (Lipinski definition) is 4. The Labute approximate surface area is 133 Å². The van der Waals surface area contributed by atoms with Crippen molar-refractivity contribution in [1.82, 2.24) is 15.3 Å². The zero-order chi connectivity index (χ0) is 17.0. The first-order chi connectivity index (χ1) is 10.7. The number of amides is 1. The largest absolute Gasteiger partial charge is 0.444 e. The first-order valence-corrected chi connectivity index (χ1v) is 7.25. The molecule has 0 aliphatic rings. The van der Waals surface area contributed by atoms with Gasteiger partial charge in [0, 0.05) is 18.8 Å². The van der Waals surface area contributed by atoms with Crippen LogP contribution in [0, 0.1) is 0 Å². The number of H-pyrrole nitrogens is 1. The monoisotopic (exact) mass is 319 g/mol. The lowest BCUT2D eigenvalue weighted by atomic mass is 10.2. The van der Waals surface area contributed by atoms with Crippen molar-refractivity contribution in [3.63, 3.8) is 0 Å². The number of aromatic nitrogens is 2. The van der Waals surface area contributed by atoms with E-state index >= 15 is 0 Å². The normalized spacial score (nSPS) is 11.3. The second kappa shape index (κ2) is 6.55. The Morgan fingerprint density at radius 3 is 2.78 bits per heavy atom. The fraction of sp³-hybridized carbons (Fsp3) is 0.400. The number of carbonyl (C=O) groups is 1. The molecule has 0 aliphatic carbocycles. The van der Waals surface area contributed by atoms with E-state index in [4.69, 9.17) is 10.5 Å². The van der Waals surface area contributed by atoms with Crippen LogP contribution >= 0.6 is 0 Å². The molecule has 8 heteroatoms. The molecule has 2 rings (SSSR count). The van der Waals surface area contributed by atoms with E-state index in [1.54, 1.807) is 39.0 Å². The Morgan fingerprint density at radius 1 is 1.35 bits per heavy atom. The van der Waals surface area contributed by atoms with Crippen molar-refractivity contribution in [2.24, 2.45) is 0 Å². The molecule has 0 spiro atoms. The summed E-state index contributed by atoms with van der Waals surface area (Å²) in [5.74, 6) is 0.332. The van der Waals surface area contributed by atoms with Gasteiger partial charge in [0.2, 0.25) is 5.95 Å². The van der Waals surface area contributed by atoms with Gasteiger partial charge < -0.3 is 21.1 Å². The lowest BCUT2D eigenvalue weighted by molar-refractivity contribution is 0.0530. The van der Waals surface area contributed by atoms with E-state index < -0.39 is 11.7 Å². The number of carbonyl (C=O) groups excluding carboxylic acids is 1. The molecule has 0 bridgehead atoms. The predicted molar refractivity (Wildman–Crippen MR) is 89.5 cm³/mol. The van der Waals surface area contributed by atoms with Crippen LogP contribution in [-0.2, 0) is 4.74 Å². The molecule has 1 heterocycles. The fourth-order valence-corrected chi connectivity index (χ4v) is 1.90. The maximum atomic E-state index is 12.0. The summed E-state index contributed by atoms with van der Waals surface area (Å²) >= 11 is 0. The number of alkyl carbamates (subject to hydrolysis) is 1. The average molecular weight is 319 g/mol. The van der Waals surface area contributed by atoms with Gasteiger partial charge >= 0.3 is 6.09 Å². The molecule has 0 saturated carbocycles. The third-order valence-corrected chi connectivity index (χ3v) is 2.82. The molecule has 8 nitrogen and oxygen atoms in total. The number of nitrogens with zero attached hydrogens (tertiary/aromatic N) is 1. The lowest BCUT2D eigenvalue weighted by Crippen LogP contribution is -2.35. The molecule has 124 valence electrons. The smallest absolute Gasteiger partial charge is 0.407 e. The summed E-state index contributed by atoms with van der Waals surface area (Å²) in [6.07, 6.45) is -0.491. The zero-order valence-corrected chi connectivity index (χ0v) is 13.4. The maximum Gasteiger partial charge on any atom is 0.407 e. The van der Waals surface area contributed by atoms with Gasteiger partial charge in [0.1, 0.15) is 5.60 Å². The Morgan fingerprint density at radius 2 is 2.09 bits per heavy atom. The van der Waals surface area contributed by atoms with Gasteiger partial charge in [-0.25, -0.2) is 9.78 Å². The number of anilines is 2. The highest BCUT2D eigenvalue weighted by molar-refractivity contribution is 5.81. The van der Waals surface area contributed by atoms with Crippen molar-refractivity contribution < 1.29 is 9.53 Å². The molecular weight excluding hydrogens is 298 g/mol. The van der Waals surface area contributed by atoms with E-state index in [-0.39, 0.29) is 5.56 Å². The number of rotatable bonds is 4. The second-order valence-corrected chi connectivity index (χ2v) is 6.05. The Bertz CT molecular complexity index is 764. The highest BCUT2D eigenvalue weighted by atomic mass is 16.6. The summed E-state index contributed by atoms with van der Waals surface area (Å²) in [4.78, 5) is 30.4. The second-order valence-electron chi connectivity index (χ2n) is 6.05. The number of ether oxygens (including phenoxy) is 1. The number of fused-ring (bicyclic) bond motifs is 1. The molecule has 0 aliphatic heterocycles. The van der Waals surface area contributed by atoms with Crippen LogP contribution in [-0.4, -0.2) is 34.8 Å². The van der Waals surface area contributed by atoms with Crippen molar-refractivity contribution in [2.75, 3.05) is 24.1 Å². The summed E-state index contributed by atoms with van der Waals surface area (Å²) in [6.45, 7) is 6.10. The number of hydrogen-bond acceptors (Lipinski definition) is 6. The molecule has 0 fully saturated rings. The molecule has 0 saturated heterocycles. The standard InChI is InChI=1S/C15H21N5O3/c1-15(2,3)23-14(22)18-7-6-17-13-19-11-5-4-9(16)8-10(11)12(21)20-13/h4-5,8H,6-7,16H2,1-3H3,(H,18,22)(H2,17,19,20,21). The van der Waals surface area contributed by atoms with Gasteiger partial charge in [-0.3, -0.25) is 9.78 Å². The van der Waals surface area contributed by atoms with E-state index in [0.717, 1.165) is 0 Å². The first-order valence-electron chi connectivity index (χ1n) is 7.25. The molecule has 2 aromatic rings. The van der Waals surface area contributed by atoms with Crippen molar-refractivity contribution in [3.05, 3.63) is 28.6 Å². The summed E-state index contributed by atoms with van der Waals surface area (Å²) < 4.78 is 5.11. The number of nitrogens with one attached hydrogen (secondary N) is 3. The number of nitrogens with two attached hydrogens (primary N) is 1. The molecule has 1 aromatic carbocycles. The molecule has 1 aromatic heterocycles. The van der Waals surface area contributed by atoms with Crippen molar-refractivity contribution in [2.45, 2.75) is 26.4 Å². The topological polar surface area (TPSA) is 122 Å². The summed E-state index contributed by atoms with van der Waals surface area (Å²) in [5, 5.41) is 5.98. The van der Waals surface area contributed by atoms with Crippen molar-refractivity contribution in [3.8, 4) is 0 Å². The number of nitrogen functional groups attached to an aromatic ring is 1. The lowest BCUT2D eigenvalue weighted by Gasteiger charge is -2.19. The van der Waals surface area contributed by atoms with Crippen LogP contribution in [0.3, 0.4) is 0 Å². The number of aromatic amines is 1. The Hall–Kier alpha value is -2.77. The Kier molecular flexibility index (Phi) is 4.73. The highest BCUT2D eigenvalue weighted by Crippen LogP contribution is 2.12. The Balaban J connectivity index is 1.92. The van der Waals surface area contributed by atoms with Crippen molar-refractivity contribution in [1.29, 1.82) is 0 Å². The van der Waals surface area contributed by atoms with Gasteiger partial charge in [0.15, 0.2) is 0 Å². The molecule has 1 amide bonds. The van der Waals surface area contributed by atoms with Gasteiger partial charge in [-0.15, -0.1) is 0 Å². The minimum Gasteiger partial charge on any atom is -0.444 e. The van der Waals surface area contributed by atoms with Crippen LogP contribution in [0.1, 0.15) is 20.8 Å². The van der Waals surface area contributed by atoms with E-state index in [0.29, 0.717) is 35.6 Å². The van der Waals surface area contributed by atoms with Gasteiger partial charge in [0.05, 0.1) is 10.9 Å². The molecular formula is C15H21N5O3. The van der Waals surface area contributed by atoms with E-state index in [2.05, 4.69) is 20.6 Å². The van der Waals surface area contributed by atoms with Crippen LogP contribution in [0.4, 0.5) is 16.4 Å². The third kappa shape index (κ3) is 4.87. The minimum atomic E-state index is -0.537. The van der Waals surface area contributed by atoms with Crippen LogP contribution in [0.25, 0.3) is 10.9 Å². The molecule has 23 heavy (non-hydrogen) atoms. The van der Waals surface area contributed by atoms with Gasteiger partial charge in [-0.1, -0.05) is 0 Å². The minimum absolute atomic E-state index is 0.273. The maximum absolute atomic E-state index is 12.0. The van der Waals surface area contributed by atoms with Gasteiger partial charge in [0.25, 0.3) is 5.56 Å². The fourth-order valence-electron chi connectivity index (χ4n) is 1.90. The van der Waals surface area contributed by atoms with Crippen LogP contribution in [0.5, 0.6) is 0 Å². The quantitative estimate of drug-likeness (QED) is 0.499. The molecule has 5 N–H and O–H groups in total. The summed E-state index contributed by atoms with van der Waals surface area (Å²) in [5.41, 5.74) is 5.90. The van der Waals surface area contributed by atoms with Crippen LogP contribution in [0.2, 0.25) is 0 Å². The van der Waals surface area contributed by atoms with E-state index in [9.17, 15) is 9.59 Å². The van der Waals surface area contributed by atoms with Crippen molar-refractivity contribution >= 4 is 28.6 Å². The first kappa shape index (κ1) is 16.6. The number of benzene rings is 1.